The van der Waals surface area contributed by atoms with E-state index in [2.05, 4.69) is 31.1 Å². The van der Waals surface area contributed by atoms with Gasteiger partial charge >= 0.3 is 5.97 Å². The third kappa shape index (κ3) is 9.67. The number of cyclic esters (lactones) is 1. The maximum atomic E-state index is 12.2. The fraction of sp³-hybridized carbons (Fsp3) is 0.560. The number of aliphatic hydroxyl groups excluding tert-OH is 1. The SMILES string of the molecule is C=C[C@H](O)[C@@H]1CC=C[C@@H](OCOC)CC(=C)CCC[C@@H]2CC=C[C@@H](CC#CC(=O)O1)O2. The van der Waals surface area contributed by atoms with Crippen LogP contribution in [-0.2, 0) is 23.7 Å². The van der Waals surface area contributed by atoms with Crippen molar-refractivity contribution in [2.75, 3.05) is 13.9 Å². The van der Waals surface area contributed by atoms with Gasteiger partial charge in [-0.15, -0.1) is 6.58 Å². The normalized spacial score (nSPS) is 29.1. The molecule has 6 heteroatoms. The number of aliphatic hydroxyl groups is 1. The van der Waals surface area contributed by atoms with Crippen LogP contribution in [0.3, 0.4) is 0 Å². The van der Waals surface area contributed by atoms with Crippen molar-refractivity contribution < 1.29 is 28.8 Å². The van der Waals surface area contributed by atoms with Crippen LogP contribution in [-0.4, -0.2) is 55.5 Å². The molecule has 0 aromatic carbocycles. The van der Waals surface area contributed by atoms with Gasteiger partial charge in [-0.05, 0) is 32.1 Å². The summed E-state index contributed by atoms with van der Waals surface area (Å²) in [4.78, 5) is 12.2. The number of esters is 1. The first-order valence-electron chi connectivity index (χ1n) is 10.8. The number of ether oxygens (including phenoxy) is 4. The zero-order chi connectivity index (χ0) is 22.5. The van der Waals surface area contributed by atoms with Crippen molar-refractivity contribution in [2.24, 2.45) is 0 Å². The Morgan fingerprint density at radius 2 is 2.16 bits per heavy atom. The van der Waals surface area contributed by atoms with E-state index in [0.29, 0.717) is 19.3 Å². The van der Waals surface area contributed by atoms with Crippen molar-refractivity contribution in [3.63, 3.8) is 0 Å². The Morgan fingerprint density at radius 1 is 1.35 bits per heavy atom. The second-order valence-corrected chi connectivity index (χ2v) is 7.76. The van der Waals surface area contributed by atoms with Crippen LogP contribution in [0.5, 0.6) is 0 Å². The average molecular weight is 431 g/mol. The summed E-state index contributed by atoms with van der Waals surface area (Å²) in [6.45, 7) is 7.94. The molecule has 0 fully saturated rings. The summed E-state index contributed by atoms with van der Waals surface area (Å²) in [6.07, 6.45) is 12.2. The van der Waals surface area contributed by atoms with Gasteiger partial charge in [0.1, 0.15) is 19.0 Å². The molecule has 0 amide bonds. The molecule has 0 aromatic heterocycles. The second-order valence-electron chi connectivity index (χ2n) is 7.76. The first kappa shape index (κ1) is 25.1. The van der Waals surface area contributed by atoms with Gasteiger partial charge in [-0.25, -0.2) is 4.79 Å². The molecule has 170 valence electrons. The molecule has 6 nitrogen and oxygen atoms in total. The number of hydrogen-bond acceptors (Lipinski definition) is 6. The highest BCUT2D eigenvalue weighted by atomic mass is 16.7. The summed E-state index contributed by atoms with van der Waals surface area (Å²) >= 11 is 0. The molecule has 0 aromatic rings. The molecule has 2 rings (SSSR count). The molecule has 2 aliphatic rings. The Bertz CT molecular complexity index is 713. The number of carbonyl (C=O) groups is 1. The number of carbonyl (C=O) groups excluding carboxylic acids is 1. The first-order chi connectivity index (χ1) is 15.0. The lowest BCUT2D eigenvalue weighted by atomic mass is 9.99. The molecule has 5 atom stereocenters. The maximum Gasteiger partial charge on any atom is 0.384 e. The molecule has 2 bridgehead atoms. The lowest BCUT2D eigenvalue weighted by Crippen LogP contribution is -2.29. The molecule has 0 spiro atoms. The number of methoxy groups -OCH3 is 1. The van der Waals surface area contributed by atoms with E-state index in [1.54, 1.807) is 7.11 Å². The van der Waals surface area contributed by atoms with Crippen molar-refractivity contribution in [1.82, 2.24) is 0 Å². The van der Waals surface area contributed by atoms with Crippen LogP contribution >= 0.6 is 0 Å². The van der Waals surface area contributed by atoms with Gasteiger partial charge in [-0.3, -0.25) is 0 Å². The van der Waals surface area contributed by atoms with E-state index < -0.39 is 18.2 Å². The highest BCUT2D eigenvalue weighted by Gasteiger charge is 2.21. The third-order valence-electron chi connectivity index (χ3n) is 5.16. The fourth-order valence-electron chi connectivity index (χ4n) is 3.50. The van der Waals surface area contributed by atoms with Crippen molar-refractivity contribution in [3.05, 3.63) is 49.1 Å². The van der Waals surface area contributed by atoms with E-state index in [9.17, 15) is 9.90 Å². The summed E-state index contributed by atoms with van der Waals surface area (Å²) in [5, 5.41) is 10.2. The minimum Gasteiger partial charge on any atom is -0.449 e. The summed E-state index contributed by atoms with van der Waals surface area (Å²) in [5.74, 6) is 4.65. The van der Waals surface area contributed by atoms with Crippen LogP contribution < -0.4 is 0 Å². The summed E-state index contributed by atoms with van der Waals surface area (Å²) < 4.78 is 22.2. The highest BCUT2D eigenvalue weighted by Crippen LogP contribution is 2.22. The van der Waals surface area contributed by atoms with E-state index in [4.69, 9.17) is 18.9 Å². The quantitative estimate of drug-likeness (QED) is 0.236. The van der Waals surface area contributed by atoms with Crippen molar-refractivity contribution in [3.8, 4) is 11.8 Å². The zero-order valence-corrected chi connectivity index (χ0v) is 18.3. The topological polar surface area (TPSA) is 74.2 Å². The molecule has 0 radical (unpaired) electrons. The largest absolute Gasteiger partial charge is 0.449 e. The Kier molecular flexibility index (Phi) is 11.3. The van der Waals surface area contributed by atoms with Gasteiger partial charge in [0, 0.05) is 25.9 Å². The first-order valence-corrected chi connectivity index (χ1v) is 10.8. The Hall–Kier alpha value is -2.17. The lowest BCUT2D eigenvalue weighted by molar-refractivity contribution is -0.145. The van der Waals surface area contributed by atoms with Crippen molar-refractivity contribution in [1.29, 1.82) is 0 Å². The van der Waals surface area contributed by atoms with Gasteiger partial charge in [0.2, 0.25) is 0 Å². The predicted molar refractivity (Wildman–Crippen MR) is 119 cm³/mol. The number of hydrogen-bond donors (Lipinski definition) is 1. The molecule has 1 N–H and O–H groups in total. The van der Waals surface area contributed by atoms with Gasteiger partial charge in [0.15, 0.2) is 0 Å². The van der Waals surface area contributed by atoms with Crippen LogP contribution in [0.2, 0.25) is 0 Å². The van der Waals surface area contributed by atoms with E-state index in [1.165, 1.54) is 6.08 Å². The van der Waals surface area contributed by atoms with E-state index in [0.717, 1.165) is 31.3 Å². The molecule has 0 aliphatic carbocycles. The lowest BCUT2D eigenvalue weighted by Gasteiger charge is -2.25. The van der Waals surface area contributed by atoms with Crippen LogP contribution in [0.4, 0.5) is 0 Å². The van der Waals surface area contributed by atoms with Gasteiger partial charge in [-0.1, -0.05) is 48.5 Å². The van der Waals surface area contributed by atoms with Gasteiger partial charge in [-0.2, -0.15) is 0 Å². The van der Waals surface area contributed by atoms with Crippen LogP contribution in [0.25, 0.3) is 0 Å². The van der Waals surface area contributed by atoms with Crippen LogP contribution in [0, 0.1) is 11.8 Å². The molecular formula is C25H34O6. The molecule has 2 heterocycles. The number of rotatable bonds is 5. The molecule has 0 saturated heterocycles. The average Bonchev–Trinajstić information content (AvgIpc) is 2.75. The molecular weight excluding hydrogens is 396 g/mol. The molecule has 31 heavy (non-hydrogen) atoms. The minimum atomic E-state index is -1.00. The van der Waals surface area contributed by atoms with Gasteiger partial charge < -0.3 is 24.1 Å². The van der Waals surface area contributed by atoms with Crippen LogP contribution in [0.1, 0.15) is 44.9 Å². The minimum absolute atomic E-state index is 0.134. The Balaban J connectivity index is 2.14. The number of fused-ring (bicyclic) bond motifs is 2. The second kappa shape index (κ2) is 14.0. The molecule has 0 unspecified atom stereocenters. The Labute approximate surface area is 185 Å². The monoisotopic (exact) mass is 430 g/mol. The smallest absolute Gasteiger partial charge is 0.384 e. The Morgan fingerprint density at radius 3 is 2.94 bits per heavy atom. The standard InChI is InChI=1S/C25H34O6/c1-4-23(26)24-15-7-14-22(29-18-28-3)17-19(2)9-5-10-20-11-6-12-21(30-20)13-8-16-25(27)31-24/h4,6-7,12,14,20-24,26H,1-2,5,9-11,13,15,17-18H2,3H3/t20-,21+,22-,23+,24+/m1/s1. The fourth-order valence-corrected chi connectivity index (χ4v) is 3.50. The highest BCUT2D eigenvalue weighted by molar-refractivity contribution is 5.88. The zero-order valence-electron chi connectivity index (χ0n) is 18.3. The predicted octanol–water partition coefficient (Wildman–Crippen LogP) is 3.62. The van der Waals surface area contributed by atoms with Gasteiger partial charge in [0.25, 0.3) is 0 Å². The van der Waals surface area contributed by atoms with Crippen molar-refractivity contribution >= 4 is 5.97 Å². The van der Waals surface area contributed by atoms with E-state index in [-0.39, 0.29) is 25.1 Å². The molecule has 0 saturated carbocycles. The van der Waals surface area contributed by atoms with E-state index >= 15 is 0 Å². The van der Waals surface area contributed by atoms with Gasteiger partial charge in [0.05, 0.1) is 18.3 Å². The maximum absolute atomic E-state index is 12.2. The molecule has 2 aliphatic heterocycles. The van der Waals surface area contributed by atoms with Crippen LogP contribution in [0.15, 0.2) is 49.1 Å². The van der Waals surface area contributed by atoms with Crippen molar-refractivity contribution in [2.45, 2.75) is 75.5 Å². The summed E-state index contributed by atoms with van der Waals surface area (Å²) in [5.41, 5.74) is 1.09. The summed E-state index contributed by atoms with van der Waals surface area (Å²) in [6, 6.07) is 0. The third-order valence-corrected chi connectivity index (χ3v) is 5.16. The summed E-state index contributed by atoms with van der Waals surface area (Å²) in [7, 11) is 1.57. The van der Waals surface area contributed by atoms with E-state index in [1.807, 2.05) is 18.2 Å².